The monoisotopic (exact) mass is 418 g/mol. The SMILES string of the molecule is COc1ccc(CC(=O)N2CCc3c(c(C(=O)NCc4ccccc4)nn3C)C2)cc1. The highest BCUT2D eigenvalue weighted by Crippen LogP contribution is 2.23. The van der Waals surface area contributed by atoms with Crippen molar-refractivity contribution in [2.45, 2.75) is 25.9 Å². The fourth-order valence-electron chi connectivity index (χ4n) is 3.88. The van der Waals surface area contributed by atoms with E-state index in [2.05, 4.69) is 10.4 Å². The molecule has 0 unspecified atom stereocenters. The fourth-order valence-corrected chi connectivity index (χ4v) is 3.88. The maximum absolute atomic E-state index is 12.9. The zero-order chi connectivity index (χ0) is 21.8. The number of nitrogens with zero attached hydrogens (tertiary/aromatic N) is 3. The lowest BCUT2D eigenvalue weighted by atomic mass is 10.0. The minimum absolute atomic E-state index is 0.0373. The zero-order valence-electron chi connectivity index (χ0n) is 17.8. The summed E-state index contributed by atoms with van der Waals surface area (Å²) in [5, 5.41) is 7.40. The Balaban J connectivity index is 1.45. The average Bonchev–Trinajstić information content (AvgIpc) is 3.14. The highest BCUT2D eigenvalue weighted by molar-refractivity contribution is 5.94. The van der Waals surface area contributed by atoms with E-state index in [1.54, 1.807) is 11.8 Å². The van der Waals surface area contributed by atoms with Crippen LogP contribution in [-0.2, 0) is 37.8 Å². The molecule has 0 fully saturated rings. The number of amides is 2. The Labute approximate surface area is 181 Å². The second kappa shape index (κ2) is 9.04. The molecule has 2 heterocycles. The van der Waals surface area contributed by atoms with Gasteiger partial charge in [-0.3, -0.25) is 14.3 Å². The van der Waals surface area contributed by atoms with E-state index < -0.39 is 0 Å². The number of aryl methyl sites for hydroxylation is 1. The summed E-state index contributed by atoms with van der Waals surface area (Å²) in [4.78, 5) is 27.5. The number of nitrogens with one attached hydrogen (secondary N) is 1. The van der Waals surface area contributed by atoms with Gasteiger partial charge in [-0.25, -0.2) is 0 Å². The van der Waals surface area contributed by atoms with E-state index in [1.807, 2.05) is 66.5 Å². The minimum Gasteiger partial charge on any atom is -0.497 e. The van der Waals surface area contributed by atoms with Gasteiger partial charge in [-0.05, 0) is 23.3 Å². The quantitative estimate of drug-likeness (QED) is 0.667. The molecular weight excluding hydrogens is 392 g/mol. The molecule has 2 aromatic carbocycles. The van der Waals surface area contributed by atoms with Gasteiger partial charge in [0.05, 0.1) is 13.5 Å². The number of hydrogen-bond donors (Lipinski definition) is 1. The molecule has 0 aliphatic carbocycles. The molecule has 0 radical (unpaired) electrons. The van der Waals surface area contributed by atoms with Crippen LogP contribution >= 0.6 is 0 Å². The van der Waals surface area contributed by atoms with Crippen LogP contribution < -0.4 is 10.1 Å². The van der Waals surface area contributed by atoms with Crippen LogP contribution in [0.3, 0.4) is 0 Å². The van der Waals surface area contributed by atoms with E-state index in [9.17, 15) is 9.59 Å². The van der Waals surface area contributed by atoms with Crippen molar-refractivity contribution in [3.05, 3.63) is 82.7 Å². The van der Waals surface area contributed by atoms with Crippen molar-refractivity contribution in [2.75, 3.05) is 13.7 Å². The Hall–Kier alpha value is -3.61. The standard InChI is InChI=1S/C24H26N4O3/c1-27-21-12-13-28(22(29)14-17-8-10-19(31-2)11-9-17)16-20(21)23(26-27)24(30)25-15-18-6-4-3-5-7-18/h3-11H,12-16H2,1-2H3,(H,25,30). The lowest BCUT2D eigenvalue weighted by Gasteiger charge is -2.27. The lowest BCUT2D eigenvalue weighted by molar-refractivity contribution is -0.131. The number of fused-ring (bicyclic) bond motifs is 1. The summed E-state index contributed by atoms with van der Waals surface area (Å²) < 4.78 is 6.93. The van der Waals surface area contributed by atoms with Crippen molar-refractivity contribution in [3.63, 3.8) is 0 Å². The molecule has 1 aliphatic heterocycles. The summed E-state index contributed by atoms with van der Waals surface area (Å²) in [5.74, 6) is 0.584. The van der Waals surface area contributed by atoms with Crippen molar-refractivity contribution in [1.29, 1.82) is 0 Å². The summed E-state index contributed by atoms with van der Waals surface area (Å²) >= 11 is 0. The van der Waals surface area contributed by atoms with E-state index in [-0.39, 0.29) is 11.8 Å². The number of hydrogen-bond acceptors (Lipinski definition) is 4. The smallest absolute Gasteiger partial charge is 0.272 e. The lowest BCUT2D eigenvalue weighted by Crippen LogP contribution is -2.38. The number of carbonyl (C=O) groups excluding carboxylic acids is 2. The summed E-state index contributed by atoms with van der Waals surface area (Å²) in [6.07, 6.45) is 0.994. The highest BCUT2D eigenvalue weighted by Gasteiger charge is 2.29. The van der Waals surface area contributed by atoms with Gasteiger partial charge in [-0.2, -0.15) is 5.10 Å². The number of benzene rings is 2. The topological polar surface area (TPSA) is 76.5 Å². The van der Waals surface area contributed by atoms with Crippen molar-refractivity contribution in [3.8, 4) is 5.75 Å². The van der Waals surface area contributed by atoms with Crippen LogP contribution in [0.5, 0.6) is 5.75 Å². The van der Waals surface area contributed by atoms with E-state index in [0.29, 0.717) is 38.2 Å². The number of methoxy groups -OCH3 is 1. The first-order chi connectivity index (χ1) is 15.0. The molecular formula is C24H26N4O3. The molecule has 1 aromatic heterocycles. The average molecular weight is 418 g/mol. The third-order valence-corrected chi connectivity index (χ3v) is 5.62. The summed E-state index contributed by atoms with van der Waals surface area (Å²) in [5.41, 5.74) is 4.21. The van der Waals surface area contributed by atoms with E-state index in [0.717, 1.165) is 28.1 Å². The second-order valence-corrected chi connectivity index (χ2v) is 7.66. The molecule has 0 saturated carbocycles. The van der Waals surface area contributed by atoms with Crippen LogP contribution in [0.15, 0.2) is 54.6 Å². The number of carbonyl (C=O) groups is 2. The first-order valence-corrected chi connectivity index (χ1v) is 10.3. The molecule has 0 bridgehead atoms. The van der Waals surface area contributed by atoms with Gasteiger partial charge in [0.1, 0.15) is 5.75 Å². The summed E-state index contributed by atoms with van der Waals surface area (Å²) in [7, 11) is 3.47. The maximum Gasteiger partial charge on any atom is 0.272 e. The van der Waals surface area contributed by atoms with Crippen LogP contribution in [0.4, 0.5) is 0 Å². The molecule has 4 rings (SSSR count). The molecule has 0 saturated heterocycles. The Kier molecular flexibility index (Phi) is 6.02. The van der Waals surface area contributed by atoms with Gasteiger partial charge in [-0.1, -0.05) is 42.5 Å². The van der Waals surface area contributed by atoms with Crippen molar-refractivity contribution >= 4 is 11.8 Å². The molecule has 1 N–H and O–H groups in total. The molecule has 160 valence electrons. The van der Waals surface area contributed by atoms with Gasteiger partial charge in [-0.15, -0.1) is 0 Å². The van der Waals surface area contributed by atoms with Crippen LogP contribution in [0.2, 0.25) is 0 Å². The van der Waals surface area contributed by atoms with Crippen LogP contribution in [0.1, 0.15) is 32.9 Å². The number of ether oxygens (including phenoxy) is 1. The third-order valence-electron chi connectivity index (χ3n) is 5.62. The Morgan fingerprint density at radius 1 is 1.06 bits per heavy atom. The number of rotatable bonds is 6. The van der Waals surface area contributed by atoms with Crippen molar-refractivity contribution < 1.29 is 14.3 Å². The second-order valence-electron chi connectivity index (χ2n) is 7.66. The normalized spacial score (nSPS) is 12.9. The first kappa shape index (κ1) is 20.7. The van der Waals surface area contributed by atoms with Gasteiger partial charge < -0.3 is 15.0 Å². The van der Waals surface area contributed by atoms with Gasteiger partial charge in [0.2, 0.25) is 5.91 Å². The maximum atomic E-state index is 12.9. The summed E-state index contributed by atoms with van der Waals surface area (Å²) in [6.45, 7) is 1.45. The minimum atomic E-state index is -0.217. The molecule has 3 aromatic rings. The van der Waals surface area contributed by atoms with E-state index >= 15 is 0 Å². The molecule has 2 amide bonds. The molecule has 7 nitrogen and oxygen atoms in total. The molecule has 31 heavy (non-hydrogen) atoms. The highest BCUT2D eigenvalue weighted by atomic mass is 16.5. The molecule has 0 spiro atoms. The van der Waals surface area contributed by atoms with Gasteiger partial charge in [0, 0.05) is 44.4 Å². The molecule has 1 aliphatic rings. The molecule has 0 atom stereocenters. The van der Waals surface area contributed by atoms with Gasteiger partial charge in [0.15, 0.2) is 5.69 Å². The molecule has 7 heteroatoms. The predicted octanol–water partition coefficient (Wildman–Crippen LogP) is 2.49. The Bertz CT molecular complexity index is 1070. The first-order valence-electron chi connectivity index (χ1n) is 10.3. The van der Waals surface area contributed by atoms with Crippen LogP contribution in [-0.4, -0.2) is 40.1 Å². The largest absolute Gasteiger partial charge is 0.497 e. The fraction of sp³-hybridized carbons (Fsp3) is 0.292. The van der Waals surface area contributed by atoms with Gasteiger partial charge in [0.25, 0.3) is 5.91 Å². The third kappa shape index (κ3) is 4.60. The predicted molar refractivity (Wildman–Crippen MR) is 117 cm³/mol. The van der Waals surface area contributed by atoms with Crippen molar-refractivity contribution in [2.24, 2.45) is 7.05 Å². The Morgan fingerprint density at radius 3 is 2.52 bits per heavy atom. The summed E-state index contributed by atoms with van der Waals surface area (Å²) in [6, 6.07) is 17.3. The van der Waals surface area contributed by atoms with E-state index in [4.69, 9.17) is 4.74 Å². The number of aromatic nitrogens is 2. The van der Waals surface area contributed by atoms with Crippen LogP contribution in [0, 0.1) is 0 Å². The van der Waals surface area contributed by atoms with E-state index in [1.165, 1.54) is 0 Å². The van der Waals surface area contributed by atoms with Gasteiger partial charge >= 0.3 is 0 Å². The Morgan fingerprint density at radius 2 is 1.81 bits per heavy atom. The zero-order valence-corrected chi connectivity index (χ0v) is 17.8. The van der Waals surface area contributed by atoms with Crippen LogP contribution in [0.25, 0.3) is 0 Å². The van der Waals surface area contributed by atoms with Crippen molar-refractivity contribution in [1.82, 2.24) is 20.0 Å².